The largest absolute Gasteiger partial charge is 0.383 e. The van der Waals surface area contributed by atoms with Crippen molar-refractivity contribution in [1.29, 1.82) is 0 Å². The molecule has 0 saturated carbocycles. The normalized spacial score (nSPS) is 26.5. The summed E-state index contributed by atoms with van der Waals surface area (Å²) in [6.45, 7) is 6.38. The van der Waals surface area contributed by atoms with Gasteiger partial charge in [-0.15, -0.1) is 0 Å². The fraction of sp³-hybridized carbons (Fsp3) is 0.917. The molecule has 1 heterocycles. The van der Waals surface area contributed by atoms with Gasteiger partial charge >= 0.3 is 0 Å². The van der Waals surface area contributed by atoms with Crippen molar-refractivity contribution in [2.24, 2.45) is 0 Å². The first-order valence-corrected chi connectivity index (χ1v) is 6.17. The van der Waals surface area contributed by atoms with Crippen molar-refractivity contribution in [1.82, 2.24) is 10.6 Å². The maximum absolute atomic E-state index is 11.6. The Labute approximate surface area is 103 Å². The number of methoxy groups -OCH3 is 1. The van der Waals surface area contributed by atoms with Crippen LogP contribution in [0.3, 0.4) is 0 Å². The maximum Gasteiger partial charge on any atom is 0.234 e. The van der Waals surface area contributed by atoms with Crippen molar-refractivity contribution in [3.63, 3.8) is 0 Å². The van der Waals surface area contributed by atoms with Crippen LogP contribution in [0.5, 0.6) is 0 Å². The third-order valence-electron chi connectivity index (χ3n) is 2.94. The first-order chi connectivity index (χ1) is 8.06. The summed E-state index contributed by atoms with van der Waals surface area (Å²) >= 11 is 0. The van der Waals surface area contributed by atoms with E-state index < -0.39 is 0 Å². The average Bonchev–Trinajstić information content (AvgIpc) is 2.28. The van der Waals surface area contributed by atoms with Crippen LogP contribution in [0.15, 0.2) is 0 Å². The van der Waals surface area contributed by atoms with E-state index in [0.29, 0.717) is 19.8 Å². The SMILES string of the molecule is COCC(C)NC(=O)CNC1(C)CCCOC1. The Bertz CT molecular complexity index is 240. The lowest BCUT2D eigenvalue weighted by atomic mass is 9.95. The van der Waals surface area contributed by atoms with Gasteiger partial charge in [0.1, 0.15) is 0 Å². The van der Waals surface area contributed by atoms with Crippen LogP contribution in [0.25, 0.3) is 0 Å². The Morgan fingerprint density at radius 2 is 2.35 bits per heavy atom. The molecule has 5 heteroatoms. The molecule has 2 unspecified atom stereocenters. The van der Waals surface area contributed by atoms with Crippen LogP contribution >= 0.6 is 0 Å². The van der Waals surface area contributed by atoms with Gasteiger partial charge < -0.3 is 20.1 Å². The lowest BCUT2D eigenvalue weighted by Crippen LogP contribution is -2.53. The topological polar surface area (TPSA) is 59.6 Å². The van der Waals surface area contributed by atoms with Crippen molar-refractivity contribution in [3.05, 3.63) is 0 Å². The van der Waals surface area contributed by atoms with Gasteiger partial charge in [-0.1, -0.05) is 0 Å². The van der Waals surface area contributed by atoms with Crippen molar-refractivity contribution in [2.45, 2.75) is 38.3 Å². The van der Waals surface area contributed by atoms with E-state index in [2.05, 4.69) is 17.6 Å². The number of rotatable bonds is 6. The molecule has 1 aliphatic rings. The van der Waals surface area contributed by atoms with Crippen LogP contribution in [-0.2, 0) is 14.3 Å². The third kappa shape index (κ3) is 5.48. The molecule has 0 radical (unpaired) electrons. The molecule has 0 aromatic rings. The molecule has 1 aliphatic heterocycles. The molecule has 0 bridgehead atoms. The molecule has 0 aromatic carbocycles. The quantitative estimate of drug-likeness (QED) is 0.705. The summed E-state index contributed by atoms with van der Waals surface area (Å²) < 4.78 is 10.4. The zero-order chi connectivity index (χ0) is 12.7. The van der Waals surface area contributed by atoms with Gasteiger partial charge in [0.15, 0.2) is 0 Å². The Hall–Kier alpha value is -0.650. The van der Waals surface area contributed by atoms with E-state index in [4.69, 9.17) is 9.47 Å². The summed E-state index contributed by atoms with van der Waals surface area (Å²) in [6.07, 6.45) is 2.10. The maximum atomic E-state index is 11.6. The standard InChI is InChI=1S/C12H24N2O3/c1-10(8-16-3)14-11(15)7-13-12(2)5-4-6-17-9-12/h10,13H,4-9H2,1-3H3,(H,14,15). The van der Waals surface area contributed by atoms with E-state index >= 15 is 0 Å². The van der Waals surface area contributed by atoms with Gasteiger partial charge in [0.25, 0.3) is 0 Å². The highest BCUT2D eigenvalue weighted by Crippen LogP contribution is 2.17. The summed E-state index contributed by atoms with van der Waals surface area (Å²) in [6, 6.07) is 0.0460. The Balaban J connectivity index is 2.22. The second-order valence-corrected chi connectivity index (χ2v) is 4.99. The number of amides is 1. The number of hydrogen-bond donors (Lipinski definition) is 2. The minimum absolute atomic E-state index is 0.00125. The van der Waals surface area contributed by atoms with Gasteiger partial charge in [0, 0.05) is 25.3 Å². The fourth-order valence-electron chi connectivity index (χ4n) is 1.98. The van der Waals surface area contributed by atoms with Crippen molar-refractivity contribution in [3.8, 4) is 0 Å². The second kappa shape index (κ2) is 6.93. The zero-order valence-electron chi connectivity index (χ0n) is 11.0. The first kappa shape index (κ1) is 14.4. The summed E-state index contributed by atoms with van der Waals surface area (Å²) in [7, 11) is 1.63. The Kier molecular flexibility index (Phi) is 5.88. The molecular weight excluding hydrogens is 220 g/mol. The minimum Gasteiger partial charge on any atom is -0.383 e. The molecule has 0 aromatic heterocycles. The number of hydrogen-bond acceptors (Lipinski definition) is 4. The Morgan fingerprint density at radius 1 is 1.59 bits per heavy atom. The molecule has 5 nitrogen and oxygen atoms in total. The molecule has 1 amide bonds. The van der Waals surface area contributed by atoms with E-state index in [0.717, 1.165) is 19.4 Å². The summed E-state index contributed by atoms with van der Waals surface area (Å²) in [5.74, 6) is 0.00125. The van der Waals surface area contributed by atoms with Gasteiger partial charge in [-0.05, 0) is 26.7 Å². The molecule has 1 fully saturated rings. The summed E-state index contributed by atoms with van der Waals surface area (Å²) in [5, 5.41) is 6.14. The fourth-order valence-corrected chi connectivity index (χ4v) is 1.98. The molecule has 17 heavy (non-hydrogen) atoms. The van der Waals surface area contributed by atoms with E-state index in [1.165, 1.54) is 0 Å². The van der Waals surface area contributed by atoms with E-state index in [1.54, 1.807) is 7.11 Å². The van der Waals surface area contributed by atoms with Crippen LogP contribution in [0, 0.1) is 0 Å². The van der Waals surface area contributed by atoms with Gasteiger partial charge in [0.2, 0.25) is 5.91 Å². The zero-order valence-corrected chi connectivity index (χ0v) is 11.0. The summed E-state index contributed by atoms with van der Waals surface area (Å²) in [4.78, 5) is 11.6. The number of carbonyl (C=O) groups is 1. The first-order valence-electron chi connectivity index (χ1n) is 6.17. The minimum atomic E-state index is -0.0694. The molecule has 2 atom stereocenters. The number of nitrogens with one attached hydrogen (secondary N) is 2. The van der Waals surface area contributed by atoms with Gasteiger partial charge in [-0.2, -0.15) is 0 Å². The molecule has 0 aliphatic carbocycles. The number of ether oxygens (including phenoxy) is 2. The van der Waals surface area contributed by atoms with Crippen molar-refractivity contribution < 1.29 is 14.3 Å². The molecule has 1 rings (SSSR count). The van der Waals surface area contributed by atoms with Crippen LogP contribution < -0.4 is 10.6 Å². The van der Waals surface area contributed by atoms with Crippen LogP contribution in [0.1, 0.15) is 26.7 Å². The van der Waals surface area contributed by atoms with Gasteiger partial charge in [-0.25, -0.2) is 0 Å². The van der Waals surface area contributed by atoms with Gasteiger partial charge in [-0.3, -0.25) is 4.79 Å². The highest BCUT2D eigenvalue weighted by molar-refractivity contribution is 5.78. The second-order valence-electron chi connectivity index (χ2n) is 4.99. The molecule has 100 valence electrons. The predicted molar refractivity (Wildman–Crippen MR) is 65.9 cm³/mol. The highest BCUT2D eigenvalue weighted by atomic mass is 16.5. The molecular formula is C12H24N2O3. The average molecular weight is 244 g/mol. The lowest BCUT2D eigenvalue weighted by molar-refractivity contribution is -0.121. The smallest absolute Gasteiger partial charge is 0.234 e. The van der Waals surface area contributed by atoms with Crippen LogP contribution in [0.4, 0.5) is 0 Å². The summed E-state index contributed by atoms with van der Waals surface area (Å²) in [5.41, 5.74) is -0.0694. The van der Waals surface area contributed by atoms with Crippen LogP contribution in [0.2, 0.25) is 0 Å². The molecule has 0 spiro atoms. The number of carbonyl (C=O) groups excluding carboxylic acids is 1. The van der Waals surface area contributed by atoms with Crippen molar-refractivity contribution >= 4 is 5.91 Å². The van der Waals surface area contributed by atoms with Crippen molar-refractivity contribution in [2.75, 3.05) is 33.5 Å². The highest BCUT2D eigenvalue weighted by Gasteiger charge is 2.27. The van der Waals surface area contributed by atoms with E-state index in [-0.39, 0.29) is 17.5 Å². The monoisotopic (exact) mass is 244 g/mol. The van der Waals surface area contributed by atoms with Crippen LogP contribution in [-0.4, -0.2) is 51.0 Å². The van der Waals surface area contributed by atoms with E-state index in [1.807, 2.05) is 6.92 Å². The predicted octanol–water partition coefficient (Wildman–Crippen LogP) is 0.296. The third-order valence-corrected chi connectivity index (χ3v) is 2.94. The Morgan fingerprint density at radius 3 is 2.94 bits per heavy atom. The molecule has 2 N–H and O–H groups in total. The van der Waals surface area contributed by atoms with Gasteiger partial charge in [0.05, 0.1) is 19.8 Å². The molecule has 1 saturated heterocycles. The lowest BCUT2D eigenvalue weighted by Gasteiger charge is -2.34. The van der Waals surface area contributed by atoms with E-state index in [9.17, 15) is 4.79 Å².